The first-order valence-corrected chi connectivity index (χ1v) is 8.47. The van der Waals surface area contributed by atoms with Gasteiger partial charge in [-0.1, -0.05) is 0 Å². The van der Waals surface area contributed by atoms with Crippen molar-refractivity contribution in [3.63, 3.8) is 0 Å². The van der Waals surface area contributed by atoms with Gasteiger partial charge in [-0.25, -0.2) is 9.97 Å². The van der Waals surface area contributed by atoms with Crippen molar-refractivity contribution in [2.24, 2.45) is 5.92 Å². The summed E-state index contributed by atoms with van der Waals surface area (Å²) in [6.07, 6.45) is 9.35. The number of rotatable bonds is 3. The zero-order chi connectivity index (χ0) is 16.8. The van der Waals surface area contributed by atoms with Gasteiger partial charge in [0.1, 0.15) is 11.6 Å². The van der Waals surface area contributed by atoms with E-state index in [0.717, 1.165) is 60.1 Å². The van der Waals surface area contributed by atoms with Gasteiger partial charge in [0.25, 0.3) is 0 Å². The Hall–Kier alpha value is -3.03. The van der Waals surface area contributed by atoms with Gasteiger partial charge in [0, 0.05) is 25.7 Å². The van der Waals surface area contributed by atoms with Crippen molar-refractivity contribution in [3.8, 4) is 0 Å². The highest BCUT2D eigenvalue weighted by atomic mass is 15.3. The zero-order valence-corrected chi connectivity index (χ0v) is 13.9. The van der Waals surface area contributed by atoms with Gasteiger partial charge in [-0.05, 0) is 25.3 Å². The maximum absolute atomic E-state index is 4.49. The van der Waals surface area contributed by atoms with E-state index in [2.05, 4.69) is 39.4 Å². The van der Waals surface area contributed by atoms with Crippen LogP contribution in [0.5, 0.6) is 0 Å². The van der Waals surface area contributed by atoms with E-state index in [1.54, 1.807) is 6.20 Å². The molecule has 5 heterocycles. The molecule has 4 aromatic heterocycles. The normalized spacial score (nSPS) is 17.8. The van der Waals surface area contributed by atoms with E-state index in [0.29, 0.717) is 5.92 Å². The Morgan fingerprint density at radius 2 is 2.12 bits per heavy atom. The average molecular weight is 334 g/mol. The third kappa shape index (κ3) is 2.41. The van der Waals surface area contributed by atoms with Crippen LogP contribution in [-0.2, 0) is 6.42 Å². The van der Waals surface area contributed by atoms with E-state index >= 15 is 0 Å². The SMILES string of the molecule is Cc1cnc(N2CC[C@@H](Cc3nnc4cnc5[nH]ccc5n34)C2)cn1. The smallest absolute Gasteiger partial charge is 0.179 e. The first kappa shape index (κ1) is 14.3. The molecule has 0 amide bonds. The van der Waals surface area contributed by atoms with E-state index in [1.165, 1.54) is 0 Å². The van der Waals surface area contributed by atoms with Crippen LogP contribution in [0.2, 0.25) is 0 Å². The topological polar surface area (TPSA) is 87.9 Å². The molecule has 0 aliphatic carbocycles. The van der Waals surface area contributed by atoms with Crippen LogP contribution in [0.1, 0.15) is 17.9 Å². The molecule has 1 atom stereocenters. The summed E-state index contributed by atoms with van der Waals surface area (Å²) in [5, 5.41) is 8.69. The molecule has 5 rings (SSSR count). The van der Waals surface area contributed by atoms with Gasteiger partial charge in [0.05, 0.1) is 29.8 Å². The Morgan fingerprint density at radius 1 is 1.16 bits per heavy atom. The third-order valence-corrected chi connectivity index (χ3v) is 4.86. The maximum Gasteiger partial charge on any atom is 0.179 e. The van der Waals surface area contributed by atoms with Gasteiger partial charge in [-0.3, -0.25) is 9.38 Å². The number of fused-ring (bicyclic) bond motifs is 3. The van der Waals surface area contributed by atoms with E-state index < -0.39 is 0 Å². The van der Waals surface area contributed by atoms with Gasteiger partial charge in [0.15, 0.2) is 11.3 Å². The van der Waals surface area contributed by atoms with Crippen LogP contribution in [0, 0.1) is 12.8 Å². The Balaban J connectivity index is 1.40. The van der Waals surface area contributed by atoms with Gasteiger partial charge >= 0.3 is 0 Å². The van der Waals surface area contributed by atoms with Crippen molar-refractivity contribution in [1.29, 1.82) is 0 Å². The lowest BCUT2D eigenvalue weighted by Gasteiger charge is -2.16. The number of aryl methyl sites for hydroxylation is 1. The molecule has 0 bridgehead atoms. The highest BCUT2D eigenvalue weighted by Crippen LogP contribution is 2.25. The lowest BCUT2D eigenvalue weighted by atomic mass is 10.0. The Morgan fingerprint density at radius 3 is 3.00 bits per heavy atom. The molecule has 1 aliphatic rings. The lowest BCUT2D eigenvalue weighted by Crippen LogP contribution is -2.21. The highest BCUT2D eigenvalue weighted by molar-refractivity contribution is 5.74. The van der Waals surface area contributed by atoms with Crippen LogP contribution in [0.4, 0.5) is 5.82 Å². The quantitative estimate of drug-likeness (QED) is 0.614. The summed E-state index contributed by atoms with van der Waals surface area (Å²) in [5.74, 6) is 2.47. The minimum Gasteiger partial charge on any atom is -0.355 e. The average Bonchev–Trinajstić information content (AvgIpc) is 3.34. The number of hydrogen-bond acceptors (Lipinski definition) is 6. The van der Waals surface area contributed by atoms with Crippen molar-refractivity contribution in [3.05, 3.63) is 42.4 Å². The predicted octanol–water partition coefficient (Wildman–Crippen LogP) is 1.77. The minimum atomic E-state index is 0.526. The minimum absolute atomic E-state index is 0.526. The second kappa shape index (κ2) is 5.51. The van der Waals surface area contributed by atoms with Gasteiger partial charge in [0.2, 0.25) is 0 Å². The van der Waals surface area contributed by atoms with E-state index in [1.807, 2.05) is 31.6 Å². The molecule has 4 aromatic rings. The molecule has 0 saturated carbocycles. The number of hydrogen-bond donors (Lipinski definition) is 1. The molecule has 25 heavy (non-hydrogen) atoms. The summed E-state index contributed by atoms with van der Waals surface area (Å²) in [6, 6.07) is 2.02. The van der Waals surface area contributed by atoms with Crippen LogP contribution in [0.25, 0.3) is 16.8 Å². The molecule has 8 heteroatoms. The van der Waals surface area contributed by atoms with Crippen LogP contribution in [0.15, 0.2) is 30.9 Å². The summed E-state index contributed by atoms with van der Waals surface area (Å²) in [4.78, 5) is 18.7. The molecule has 0 aromatic carbocycles. The Labute approximate surface area is 144 Å². The molecule has 1 fully saturated rings. The fourth-order valence-corrected chi connectivity index (χ4v) is 3.58. The number of H-pyrrole nitrogens is 1. The number of aromatic nitrogens is 7. The molecule has 0 unspecified atom stereocenters. The lowest BCUT2D eigenvalue weighted by molar-refractivity contribution is 0.565. The summed E-state index contributed by atoms with van der Waals surface area (Å²) >= 11 is 0. The predicted molar refractivity (Wildman–Crippen MR) is 93.4 cm³/mol. The van der Waals surface area contributed by atoms with Crippen molar-refractivity contribution in [1.82, 2.24) is 34.5 Å². The Bertz CT molecular complexity index is 1030. The molecule has 1 saturated heterocycles. The summed E-state index contributed by atoms with van der Waals surface area (Å²) in [7, 11) is 0. The highest BCUT2D eigenvalue weighted by Gasteiger charge is 2.25. The molecule has 126 valence electrons. The number of aromatic amines is 1. The number of anilines is 1. The fourth-order valence-electron chi connectivity index (χ4n) is 3.58. The second-order valence-corrected chi connectivity index (χ2v) is 6.60. The third-order valence-electron chi connectivity index (χ3n) is 4.86. The molecule has 1 aliphatic heterocycles. The summed E-state index contributed by atoms with van der Waals surface area (Å²) < 4.78 is 2.10. The molecule has 1 N–H and O–H groups in total. The molecule has 0 radical (unpaired) electrons. The standard InChI is InChI=1S/C17H18N8/c1-11-7-20-15(8-19-11)24-5-3-12(10-24)6-14-22-23-16-9-21-17-13(25(14)16)2-4-18-17/h2,4,7-9,12,18H,3,5-6,10H2,1H3/t12-/m0/s1. The van der Waals surface area contributed by atoms with Crippen molar-refractivity contribution in [2.75, 3.05) is 18.0 Å². The zero-order valence-electron chi connectivity index (χ0n) is 13.9. The van der Waals surface area contributed by atoms with Crippen LogP contribution in [-0.4, -0.2) is 47.6 Å². The summed E-state index contributed by atoms with van der Waals surface area (Å²) in [6.45, 7) is 3.92. The molecule has 0 spiro atoms. The number of nitrogens with zero attached hydrogens (tertiary/aromatic N) is 7. The molecular weight excluding hydrogens is 316 g/mol. The number of nitrogens with one attached hydrogen (secondary N) is 1. The van der Waals surface area contributed by atoms with E-state index in [9.17, 15) is 0 Å². The fraction of sp³-hybridized carbons (Fsp3) is 0.353. The second-order valence-electron chi connectivity index (χ2n) is 6.60. The first-order chi connectivity index (χ1) is 12.3. The molecular formula is C17H18N8. The van der Waals surface area contributed by atoms with Gasteiger partial charge in [-0.2, -0.15) is 0 Å². The van der Waals surface area contributed by atoms with E-state index in [4.69, 9.17) is 0 Å². The van der Waals surface area contributed by atoms with Gasteiger partial charge in [-0.15, -0.1) is 10.2 Å². The van der Waals surface area contributed by atoms with Crippen molar-refractivity contribution < 1.29 is 0 Å². The largest absolute Gasteiger partial charge is 0.355 e. The van der Waals surface area contributed by atoms with Crippen molar-refractivity contribution >= 4 is 22.6 Å². The maximum atomic E-state index is 4.49. The van der Waals surface area contributed by atoms with E-state index in [-0.39, 0.29) is 0 Å². The summed E-state index contributed by atoms with van der Waals surface area (Å²) in [5.41, 5.74) is 3.62. The van der Waals surface area contributed by atoms with Crippen molar-refractivity contribution in [2.45, 2.75) is 19.8 Å². The Kier molecular flexibility index (Phi) is 3.16. The van der Waals surface area contributed by atoms with Crippen LogP contribution in [0.3, 0.4) is 0 Å². The van der Waals surface area contributed by atoms with Crippen LogP contribution >= 0.6 is 0 Å². The van der Waals surface area contributed by atoms with Gasteiger partial charge < -0.3 is 9.88 Å². The monoisotopic (exact) mass is 334 g/mol. The molecule has 8 nitrogen and oxygen atoms in total. The van der Waals surface area contributed by atoms with Crippen LogP contribution < -0.4 is 4.90 Å². The first-order valence-electron chi connectivity index (χ1n) is 8.47.